The number of hydrogen-bond acceptors (Lipinski definition) is 6. The normalized spacial score (nSPS) is 14.9. The Balaban J connectivity index is 1.20. The van der Waals surface area contributed by atoms with Crippen LogP contribution < -0.4 is 9.47 Å². The van der Waals surface area contributed by atoms with E-state index in [9.17, 15) is 8.42 Å². The van der Waals surface area contributed by atoms with Gasteiger partial charge < -0.3 is 9.47 Å². The lowest BCUT2D eigenvalue weighted by molar-refractivity contribution is 0.188. The SMILES string of the molecule is O=S(=O)(CCCOc1ccccc1)N1CC(n2cc(COc3ccccc3)nn2)C1. The summed E-state index contributed by atoms with van der Waals surface area (Å²) in [4.78, 5) is 0. The number of sulfonamides is 1. The van der Waals surface area contributed by atoms with Gasteiger partial charge in [0.2, 0.25) is 10.0 Å². The zero-order valence-electron chi connectivity index (χ0n) is 16.5. The van der Waals surface area contributed by atoms with Crippen LogP contribution in [0.25, 0.3) is 0 Å². The van der Waals surface area contributed by atoms with Crippen molar-refractivity contribution in [1.82, 2.24) is 19.3 Å². The molecule has 30 heavy (non-hydrogen) atoms. The third-order valence-electron chi connectivity index (χ3n) is 4.84. The van der Waals surface area contributed by atoms with Gasteiger partial charge in [0, 0.05) is 13.1 Å². The fourth-order valence-electron chi connectivity index (χ4n) is 3.12. The first-order valence-corrected chi connectivity index (χ1v) is 11.5. The Morgan fingerprint density at radius 1 is 0.933 bits per heavy atom. The fraction of sp³-hybridized carbons (Fsp3) is 0.333. The maximum Gasteiger partial charge on any atom is 0.214 e. The molecule has 0 N–H and O–H groups in total. The van der Waals surface area contributed by atoms with E-state index in [0.29, 0.717) is 38.4 Å². The Morgan fingerprint density at radius 3 is 2.23 bits per heavy atom. The molecule has 1 aliphatic rings. The second-order valence-electron chi connectivity index (χ2n) is 7.09. The summed E-state index contributed by atoms with van der Waals surface area (Å²) in [6.07, 6.45) is 2.26. The quantitative estimate of drug-likeness (QED) is 0.461. The molecule has 158 valence electrons. The summed E-state index contributed by atoms with van der Waals surface area (Å²) < 4.78 is 39.4. The van der Waals surface area contributed by atoms with E-state index in [1.807, 2.05) is 66.9 Å². The third kappa shape index (κ3) is 5.17. The van der Waals surface area contributed by atoms with Gasteiger partial charge in [-0.05, 0) is 30.7 Å². The molecule has 2 aromatic carbocycles. The van der Waals surface area contributed by atoms with Crippen molar-refractivity contribution in [2.24, 2.45) is 0 Å². The van der Waals surface area contributed by atoms with Gasteiger partial charge in [0.05, 0.1) is 24.6 Å². The minimum Gasteiger partial charge on any atom is -0.494 e. The molecule has 0 bridgehead atoms. The van der Waals surface area contributed by atoms with Crippen LogP contribution in [0.3, 0.4) is 0 Å². The highest BCUT2D eigenvalue weighted by Crippen LogP contribution is 2.24. The van der Waals surface area contributed by atoms with Gasteiger partial charge in [0.15, 0.2) is 0 Å². The number of ether oxygens (including phenoxy) is 2. The molecule has 0 spiro atoms. The van der Waals surface area contributed by atoms with Gasteiger partial charge in [-0.25, -0.2) is 13.1 Å². The minimum atomic E-state index is -3.29. The van der Waals surface area contributed by atoms with E-state index in [2.05, 4.69) is 10.3 Å². The molecule has 1 aromatic heterocycles. The van der Waals surface area contributed by atoms with Crippen LogP contribution in [0.2, 0.25) is 0 Å². The summed E-state index contributed by atoms with van der Waals surface area (Å²) in [7, 11) is -3.29. The molecule has 1 fully saturated rings. The van der Waals surface area contributed by atoms with Gasteiger partial charge in [0.1, 0.15) is 23.8 Å². The van der Waals surface area contributed by atoms with Crippen molar-refractivity contribution in [1.29, 1.82) is 0 Å². The lowest BCUT2D eigenvalue weighted by Gasteiger charge is -2.37. The lowest BCUT2D eigenvalue weighted by atomic mass is 10.2. The molecule has 9 heteroatoms. The van der Waals surface area contributed by atoms with Crippen molar-refractivity contribution in [2.75, 3.05) is 25.4 Å². The Morgan fingerprint density at radius 2 is 1.57 bits per heavy atom. The molecule has 0 saturated carbocycles. The summed E-state index contributed by atoms with van der Waals surface area (Å²) in [5.74, 6) is 1.58. The second kappa shape index (κ2) is 9.27. The second-order valence-corrected chi connectivity index (χ2v) is 9.18. The van der Waals surface area contributed by atoms with Crippen LogP contribution in [-0.2, 0) is 16.6 Å². The number of benzene rings is 2. The highest BCUT2D eigenvalue weighted by Gasteiger charge is 2.37. The topological polar surface area (TPSA) is 86.6 Å². The maximum absolute atomic E-state index is 12.5. The van der Waals surface area contributed by atoms with E-state index in [-0.39, 0.29) is 11.8 Å². The van der Waals surface area contributed by atoms with Crippen LogP contribution >= 0.6 is 0 Å². The molecule has 3 aromatic rings. The first-order valence-electron chi connectivity index (χ1n) is 9.84. The number of aromatic nitrogens is 3. The molecular weight excluding hydrogens is 404 g/mol. The Bertz CT molecular complexity index is 1040. The van der Waals surface area contributed by atoms with Crippen molar-refractivity contribution in [3.8, 4) is 11.5 Å². The molecule has 2 heterocycles. The number of hydrogen-bond donors (Lipinski definition) is 0. The summed E-state index contributed by atoms with van der Waals surface area (Å²) in [6.45, 7) is 1.50. The van der Waals surface area contributed by atoms with E-state index in [0.717, 1.165) is 11.5 Å². The maximum atomic E-state index is 12.5. The zero-order chi connectivity index (χ0) is 20.8. The van der Waals surface area contributed by atoms with Gasteiger partial charge in [0.25, 0.3) is 0 Å². The Hall–Kier alpha value is -2.91. The van der Waals surface area contributed by atoms with Crippen LogP contribution in [0.5, 0.6) is 11.5 Å². The molecule has 8 nitrogen and oxygen atoms in total. The van der Waals surface area contributed by atoms with E-state index in [1.165, 1.54) is 4.31 Å². The molecule has 0 unspecified atom stereocenters. The van der Waals surface area contributed by atoms with Gasteiger partial charge in [-0.1, -0.05) is 41.6 Å². The van der Waals surface area contributed by atoms with Crippen LogP contribution in [-0.4, -0.2) is 53.2 Å². The predicted octanol–water partition coefficient (Wildman–Crippen LogP) is 2.51. The van der Waals surface area contributed by atoms with Crippen LogP contribution in [0, 0.1) is 0 Å². The molecule has 0 atom stereocenters. The van der Waals surface area contributed by atoms with E-state index >= 15 is 0 Å². The number of para-hydroxylation sites is 2. The molecule has 0 amide bonds. The average Bonchev–Trinajstić information content (AvgIpc) is 3.18. The highest BCUT2D eigenvalue weighted by molar-refractivity contribution is 7.89. The standard InChI is InChI=1S/C21H24N4O4S/c26-30(27,13-7-12-28-20-8-3-1-4-9-20)24-15-19(16-24)25-14-18(22-23-25)17-29-21-10-5-2-6-11-21/h1-6,8-11,14,19H,7,12-13,15-17H2. The average molecular weight is 429 g/mol. The van der Waals surface area contributed by atoms with E-state index in [1.54, 1.807) is 4.68 Å². The third-order valence-corrected chi connectivity index (χ3v) is 6.73. The molecule has 1 aliphatic heterocycles. The first kappa shape index (κ1) is 20.4. The number of rotatable bonds is 10. The van der Waals surface area contributed by atoms with E-state index in [4.69, 9.17) is 9.47 Å². The highest BCUT2D eigenvalue weighted by atomic mass is 32.2. The van der Waals surface area contributed by atoms with Crippen molar-refractivity contribution in [2.45, 2.75) is 19.1 Å². The van der Waals surface area contributed by atoms with Crippen LogP contribution in [0.1, 0.15) is 18.2 Å². The fourth-order valence-corrected chi connectivity index (χ4v) is 4.66. The zero-order valence-corrected chi connectivity index (χ0v) is 17.3. The molecule has 0 aliphatic carbocycles. The monoisotopic (exact) mass is 428 g/mol. The molecule has 1 saturated heterocycles. The Labute approximate surface area is 176 Å². The van der Waals surface area contributed by atoms with Gasteiger partial charge >= 0.3 is 0 Å². The number of nitrogens with zero attached hydrogens (tertiary/aromatic N) is 4. The van der Waals surface area contributed by atoms with Gasteiger partial charge in [-0.3, -0.25) is 0 Å². The summed E-state index contributed by atoms with van der Waals surface area (Å²) in [5.41, 5.74) is 0.707. The van der Waals surface area contributed by atoms with Crippen LogP contribution in [0.4, 0.5) is 0 Å². The van der Waals surface area contributed by atoms with Crippen molar-refractivity contribution < 1.29 is 17.9 Å². The Kier molecular flexibility index (Phi) is 6.29. The van der Waals surface area contributed by atoms with Crippen LogP contribution in [0.15, 0.2) is 66.9 Å². The largest absolute Gasteiger partial charge is 0.494 e. The summed E-state index contributed by atoms with van der Waals surface area (Å²) in [6, 6.07) is 18.9. The van der Waals surface area contributed by atoms with Gasteiger partial charge in [-0.2, -0.15) is 4.31 Å². The van der Waals surface area contributed by atoms with Crippen molar-refractivity contribution >= 4 is 10.0 Å². The molecular formula is C21H24N4O4S. The molecule has 0 radical (unpaired) electrons. The van der Waals surface area contributed by atoms with Crippen molar-refractivity contribution in [3.05, 3.63) is 72.6 Å². The van der Waals surface area contributed by atoms with Crippen molar-refractivity contribution in [3.63, 3.8) is 0 Å². The summed E-state index contributed by atoms with van der Waals surface area (Å²) in [5, 5.41) is 8.24. The molecule has 4 rings (SSSR count). The first-order chi connectivity index (χ1) is 14.6. The van der Waals surface area contributed by atoms with Gasteiger partial charge in [-0.15, -0.1) is 5.10 Å². The minimum absolute atomic E-state index is 0.00156. The summed E-state index contributed by atoms with van der Waals surface area (Å²) >= 11 is 0. The predicted molar refractivity (Wildman–Crippen MR) is 112 cm³/mol. The van der Waals surface area contributed by atoms with E-state index < -0.39 is 10.0 Å². The smallest absolute Gasteiger partial charge is 0.214 e. The lowest BCUT2D eigenvalue weighted by Crippen LogP contribution is -2.51.